The van der Waals surface area contributed by atoms with Gasteiger partial charge in [-0.2, -0.15) is 0 Å². The third kappa shape index (κ3) is 3.05. The van der Waals surface area contributed by atoms with Gasteiger partial charge in [0.15, 0.2) is 0 Å². The van der Waals surface area contributed by atoms with Gasteiger partial charge in [-0.25, -0.2) is 4.98 Å². The molecule has 4 aromatic rings. The summed E-state index contributed by atoms with van der Waals surface area (Å²) in [6, 6.07) is 20.8. The summed E-state index contributed by atoms with van der Waals surface area (Å²) in [5, 5.41) is 0. The number of hydrogen-bond acceptors (Lipinski definition) is 2. The zero-order valence-electron chi connectivity index (χ0n) is 14.7. The fourth-order valence-corrected chi connectivity index (χ4v) is 2.95. The number of hydrogen-bond donors (Lipinski definition) is 1. The number of H-pyrrole nitrogens is 1. The van der Waals surface area contributed by atoms with Crippen molar-refractivity contribution < 1.29 is 0 Å². The molecule has 0 atom stereocenters. The molecule has 3 heteroatoms. The van der Waals surface area contributed by atoms with Crippen molar-refractivity contribution in [2.75, 3.05) is 0 Å². The first-order valence-corrected chi connectivity index (χ1v) is 8.53. The van der Waals surface area contributed by atoms with Gasteiger partial charge in [-0.1, -0.05) is 57.2 Å². The summed E-state index contributed by atoms with van der Waals surface area (Å²) in [5.74, 6) is 0.897. The molecule has 0 radical (unpaired) electrons. The number of aromatic amines is 1. The van der Waals surface area contributed by atoms with E-state index in [-0.39, 0.29) is 5.41 Å². The first-order chi connectivity index (χ1) is 12.0. The van der Waals surface area contributed by atoms with Gasteiger partial charge in [-0.15, -0.1) is 0 Å². The second-order valence-corrected chi connectivity index (χ2v) is 7.36. The van der Waals surface area contributed by atoms with Crippen LogP contribution < -0.4 is 0 Å². The number of nitrogens with one attached hydrogen (secondary N) is 1. The highest BCUT2D eigenvalue weighted by Crippen LogP contribution is 2.28. The molecule has 3 nitrogen and oxygen atoms in total. The maximum absolute atomic E-state index is 4.74. The van der Waals surface area contributed by atoms with Crippen LogP contribution in [-0.4, -0.2) is 15.0 Å². The molecule has 0 spiro atoms. The molecule has 0 fully saturated rings. The molecule has 0 aliphatic rings. The Balaban J connectivity index is 1.70. The quantitative estimate of drug-likeness (QED) is 0.521. The minimum absolute atomic E-state index is 0.129. The van der Waals surface area contributed by atoms with Gasteiger partial charge in [0.05, 0.1) is 16.7 Å². The minimum Gasteiger partial charge on any atom is -0.338 e. The highest BCUT2D eigenvalue weighted by molar-refractivity contribution is 5.80. The van der Waals surface area contributed by atoms with Crippen LogP contribution in [-0.2, 0) is 5.41 Å². The maximum atomic E-state index is 4.74. The van der Waals surface area contributed by atoms with Crippen molar-refractivity contribution in [3.05, 3.63) is 72.4 Å². The van der Waals surface area contributed by atoms with Crippen LogP contribution in [0.25, 0.3) is 33.7 Å². The zero-order valence-corrected chi connectivity index (χ0v) is 14.7. The lowest BCUT2D eigenvalue weighted by Gasteiger charge is -2.18. The molecular formula is C22H21N3. The smallest absolute Gasteiger partial charge is 0.138 e. The van der Waals surface area contributed by atoms with Gasteiger partial charge < -0.3 is 4.98 Å². The molecule has 4 rings (SSSR count). The van der Waals surface area contributed by atoms with Crippen molar-refractivity contribution in [1.82, 2.24) is 15.0 Å². The lowest BCUT2D eigenvalue weighted by Crippen LogP contribution is -2.10. The average Bonchev–Trinajstić information content (AvgIpc) is 3.05. The second kappa shape index (κ2) is 5.85. The van der Waals surface area contributed by atoms with E-state index in [0.717, 1.165) is 33.7 Å². The third-order valence-corrected chi connectivity index (χ3v) is 4.47. The van der Waals surface area contributed by atoms with E-state index < -0.39 is 0 Å². The number of fused-ring (bicyclic) bond motifs is 1. The van der Waals surface area contributed by atoms with E-state index in [9.17, 15) is 0 Å². The molecule has 25 heavy (non-hydrogen) atoms. The fraction of sp³-hybridized carbons (Fsp3) is 0.182. The van der Waals surface area contributed by atoms with Crippen LogP contribution in [0.1, 0.15) is 26.3 Å². The van der Waals surface area contributed by atoms with E-state index in [0.29, 0.717) is 0 Å². The second-order valence-electron chi connectivity index (χ2n) is 7.36. The predicted octanol–water partition coefficient (Wildman–Crippen LogP) is 5.59. The summed E-state index contributed by atoms with van der Waals surface area (Å²) < 4.78 is 0. The van der Waals surface area contributed by atoms with Crippen molar-refractivity contribution in [2.45, 2.75) is 26.2 Å². The number of benzene rings is 2. The van der Waals surface area contributed by atoms with Crippen LogP contribution in [0.5, 0.6) is 0 Å². The molecule has 2 aromatic heterocycles. The Hall–Kier alpha value is -2.94. The van der Waals surface area contributed by atoms with Crippen LogP contribution >= 0.6 is 0 Å². The lowest BCUT2D eigenvalue weighted by molar-refractivity contribution is 0.591. The van der Waals surface area contributed by atoms with Gasteiger partial charge in [0, 0.05) is 17.3 Å². The van der Waals surface area contributed by atoms with E-state index in [1.165, 1.54) is 5.56 Å². The summed E-state index contributed by atoms with van der Waals surface area (Å²) in [7, 11) is 0. The van der Waals surface area contributed by atoms with Crippen molar-refractivity contribution in [1.29, 1.82) is 0 Å². The molecule has 0 saturated heterocycles. The largest absolute Gasteiger partial charge is 0.338 e. The summed E-state index contributed by atoms with van der Waals surface area (Å²) in [6.45, 7) is 6.67. The molecule has 0 saturated carbocycles. The molecule has 0 bridgehead atoms. The van der Waals surface area contributed by atoms with Crippen molar-refractivity contribution in [2.24, 2.45) is 0 Å². The molecule has 2 heterocycles. The monoisotopic (exact) mass is 327 g/mol. The van der Waals surface area contributed by atoms with Crippen LogP contribution in [0.4, 0.5) is 0 Å². The molecule has 2 aromatic carbocycles. The SMILES string of the molecule is CC(C)(C)c1ccc2nc(-c3ccc(-c4ccccn4)cc3)[nH]c2c1. The van der Waals surface area contributed by atoms with Gasteiger partial charge in [0.2, 0.25) is 0 Å². The summed E-state index contributed by atoms with van der Waals surface area (Å²) in [5.41, 5.74) is 6.68. The Labute approximate surface area is 147 Å². The van der Waals surface area contributed by atoms with Crippen molar-refractivity contribution in [3.63, 3.8) is 0 Å². The average molecular weight is 327 g/mol. The lowest BCUT2D eigenvalue weighted by atomic mass is 9.87. The van der Waals surface area contributed by atoms with E-state index in [2.05, 4.69) is 73.2 Å². The summed E-state index contributed by atoms with van der Waals surface area (Å²) in [6.07, 6.45) is 1.81. The highest BCUT2D eigenvalue weighted by atomic mass is 14.9. The summed E-state index contributed by atoms with van der Waals surface area (Å²) in [4.78, 5) is 12.6. The van der Waals surface area contributed by atoms with Gasteiger partial charge in [-0.05, 0) is 35.2 Å². The normalized spacial score (nSPS) is 11.8. The first kappa shape index (κ1) is 15.6. The Morgan fingerprint density at radius 3 is 2.28 bits per heavy atom. The van der Waals surface area contributed by atoms with E-state index in [1.807, 2.05) is 24.4 Å². The topological polar surface area (TPSA) is 41.6 Å². The molecule has 1 N–H and O–H groups in total. The van der Waals surface area contributed by atoms with Gasteiger partial charge in [-0.3, -0.25) is 4.98 Å². The maximum Gasteiger partial charge on any atom is 0.138 e. The molecule has 124 valence electrons. The van der Waals surface area contributed by atoms with Crippen LogP contribution in [0.15, 0.2) is 66.9 Å². The molecular weight excluding hydrogens is 306 g/mol. The number of rotatable bonds is 2. The molecule has 0 amide bonds. The van der Waals surface area contributed by atoms with Gasteiger partial charge in [0.25, 0.3) is 0 Å². The molecule has 0 aliphatic carbocycles. The van der Waals surface area contributed by atoms with E-state index in [1.54, 1.807) is 0 Å². The zero-order chi connectivity index (χ0) is 17.4. The van der Waals surface area contributed by atoms with Crippen LogP contribution in [0.2, 0.25) is 0 Å². The number of pyridine rings is 1. The van der Waals surface area contributed by atoms with Crippen molar-refractivity contribution >= 4 is 11.0 Å². The Morgan fingerprint density at radius 1 is 0.840 bits per heavy atom. The number of aromatic nitrogens is 3. The standard InChI is InChI=1S/C22H21N3/c1-22(2,3)17-11-12-19-20(14-17)25-21(24-19)16-9-7-15(8-10-16)18-6-4-5-13-23-18/h4-14H,1-3H3,(H,24,25). The predicted molar refractivity (Wildman–Crippen MR) is 103 cm³/mol. The summed E-state index contributed by atoms with van der Waals surface area (Å²) >= 11 is 0. The van der Waals surface area contributed by atoms with Crippen molar-refractivity contribution in [3.8, 4) is 22.6 Å². The van der Waals surface area contributed by atoms with Gasteiger partial charge >= 0.3 is 0 Å². The highest BCUT2D eigenvalue weighted by Gasteiger charge is 2.15. The Morgan fingerprint density at radius 2 is 1.60 bits per heavy atom. The molecule has 0 aliphatic heterocycles. The minimum atomic E-state index is 0.129. The van der Waals surface area contributed by atoms with E-state index in [4.69, 9.17) is 4.98 Å². The fourth-order valence-electron chi connectivity index (χ4n) is 2.95. The Kier molecular flexibility index (Phi) is 3.65. The van der Waals surface area contributed by atoms with E-state index >= 15 is 0 Å². The third-order valence-electron chi connectivity index (χ3n) is 4.47. The first-order valence-electron chi connectivity index (χ1n) is 8.53. The Bertz CT molecular complexity index is 1010. The van der Waals surface area contributed by atoms with Crippen LogP contribution in [0, 0.1) is 0 Å². The number of imidazole rings is 1. The van der Waals surface area contributed by atoms with Gasteiger partial charge in [0.1, 0.15) is 5.82 Å². The molecule has 0 unspecified atom stereocenters. The van der Waals surface area contributed by atoms with Crippen LogP contribution in [0.3, 0.4) is 0 Å². The number of nitrogens with zero attached hydrogens (tertiary/aromatic N) is 2.